The third-order valence-electron chi connectivity index (χ3n) is 4.05. The zero-order valence-electron chi connectivity index (χ0n) is 11.8. The van der Waals surface area contributed by atoms with Gasteiger partial charge in [-0.25, -0.2) is 0 Å². The van der Waals surface area contributed by atoms with Gasteiger partial charge in [0.1, 0.15) is 5.75 Å². The second-order valence-electron chi connectivity index (χ2n) is 5.46. The maximum Gasteiger partial charge on any atom is 0.175 e. The van der Waals surface area contributed by atoms with Gasteiger partial charge in [-0.1, -0.05) is 30.1 Å². The molecule has 0 unspecified atom stereocenters. The van der Waals surface area contributed by atoms with Crippen LogP contribution in [0.3, 0.4) is 0 Å². The lowest BCUT2D eigenvalue weighted by atomic mass is 10.1. The van der Waals surface area contributed by atoms with Gasteiger partial charge in [-0.2, -0.15) is 0 Å². The Bertz CT molecular complexity index is 664. The summed E-state index contributed by atoms with van der Waals surface area (Å²) < 4.78 is 6.05. The molecule has 21 heavy (non-hydrogen) atoms. The zero-order chi connectivity index (χ0) is 14.7. The maximum absolute atomic E-state index is 8.94. The van der Waals surface area contributed by atoms with Crippen LogP contribution in [0.15, 0.2) is 35.6 Å². The molecule has 110 valence electrons. The molecule has 0 atom stereocenters. The van der Waals surface area contributed by atoms with Crippen LogP contribution < -0.4 is 10.5 Å². The summed E-state index contributed by atoms with van der Waals surface area (Å²) in [6.45, 7) is 0.666. The van der Waals surface area contributed by atoms with Crippen molar-refractivity contribution in [2.45, 2.75) is 25.7 Å². The fraction of sp³-hybridized carbons (Fsp3) is 0.375. The molecule has 0 spiro atoms. The van der Waals surface area contributed by atoms with Crippen LogP contribution in [-0.2, 0) is 0 Å². The molecule has 1 aromatic carbocycles. The lowest BCUT2D eigenvalue weighted by Gasteiger charge is -2.16. The van der Waals surface area contributed by atoms with Crippen molar-refractivity contribution in [3.8, 4) is 5.75 Å². The molecule has 2 aromatic rings. The van der Waals surface area contributed by atoms with Crippen LogP contribution in [0.25, 0.3) is 10.9 Å². The molecule has 1 fully saturated rings. The van der Waals surface area contributed by atoms with E-state index in [-0.39, 0.29) is 5.84 Å². The molecule has 3 N–H and O–H groups in total. The highest BCUT2D eigenvalue weighted by Crippen LogP contribution is 2.31. The van der Waals surface area contributed by atoms with Gasteiger partial charge in [0.05, 0.1) is 17.7 Å². The third kappa shape index (κ3) is 2.77. The first-order chi connectivity index (χ1) is 10.3. The third-order valence-corrected chi connectivity index (χ3v) is 4.05. The number of nitrogens with zero attached hydrogens (tertiary/aromatic N) is 2. The first-order valence-electron chi connectivity index (χ1n) is 7.28. The Labute approximate surface area is 123 Å². The van der Waals surface area contributed by atoms with Crippen molar-refractivity contribution < 1.29 is 9.94 Å². The number of benzene rings is 1. The smallest absolute Gasteiger partial charge is 0.175 e. The zero-order valence-corrected chi connectivity index (χ0v) is 11.8. The van der Waals surface area contributed by atoms with Crippen LogP contribution in [0, 0.1) is 5.92 Å². The summed E-state index contributed by atoms with van der Waals surface area (Å²) in [5.74, 6) is 1.27. The van der Waals surface area contributed by atoms with E-state index in [1.165, 1.54) is 25.7 Å². The minimum atomic E-state index is 0.0228. The van der Waals surface area contributed by atoms with E-state index in [9.17, 15) is 0 Å². The number of amidine groups is 1. The molecule has 0 amide bonds. The summed E-state index contributed by atoms with van der Waals surface area (Å²) in [6.07, 6.45) is 6.57. The molecule has 0 bridgehead atoms. The van der Waals surface area contributed by atoms with Crippen molar-refractivity contribution in [2.75, 3.05) is 6.61 Å². The Morgan fingerprint density at radius 3 is 2.86 bits per heavy atom. The van der Waals surface area contributed by atoms with Gasteiger partial charge in [0.15, 0.2) is 5.84 Å². The second-order valence-corrected chi connectivity index (χ2v) is 5.46. The summed E-state index contributed by atoms with van der Waals surface area (Å²) in [4.78, 5) is 4.34. The van der Waals surface area contributed by atoms with E-state index in [1.807, 2.05) is 24.3 Å². The van der Waals surface area contributed by atoms with Gasteiger partial charge < -0.3 is 15.7 Å². The van der Waals surface area contributed by atoms with Crippen LogP contribution in [0.4, 0.5) is 0 Å². The highest BCUT2D eigenvalue weighted by molar-refractivity contribution is 6.04. The number of para-hydroxylation sites is 1. The standard InChI is InChI=1S/C16H19N3O2/c17-16(19-20)13-9-18-14-8-4-3-7-12(14)15(13)21-10-11-5-1-2-6-11/h3-4,7-9,11,20H,1-2,5-6,10H2,(H2,17,19). The summed E-state index contributed by atoms with van der Waals surface area (Å²) in [5, 5.41) is 12.9. The average Bonchev–Trinajstić information content (AvgIpc) is 3.05. The quantitative estimate of drug-likeness (QED) is 0.392. The van der Waals surface area contributed by atoms with Crippen LogP contribution in [0.2, 0.25) is 0 Å². The van der Waals surface area contributed by atoms with Gasteiger partial charge in [-0.05, 0) is 30.9 Å². The number of hydrogen-bond acceptors (Lipinski definition) is 4. The number of nitrogens with two attached hydrogens (primary N) is 1. The van der Waals surface area contributed by atoms with Gasteiger partial charge in [0.2, 0.25) is 0 Å². The molecule has 0 radical (unpaired) electrons. The maximum atomic E-state index is 8.94. The average molecular weight is 285 g/mol. The van der Waals surface area contributed by atoms with Gasteiger partial charge in [0.25, 0.3) is 0 Å². The van der Waals surface area contributed by atoms with E-state index in [2.05, 4.69) is 10.1 Å². The normalized spacial score (nSPS) is 16.5. The van der Waals surface area contributed by atoms with E-state index in [0.717, 1.165) is 10.9 Å². The summed E-state index contributed by atoms with van der Waals surface area (Å²) >= 11 is 0. The second kappa shape index (κ2) is 5.99. The molecule has 1 saturated carbocycles. The molecule has 5 nitrogen and oxygen atoms in total. The van der Waals surface area contributed by atoms with E-state index >= 15 is 0 Å². The lowest BCUT2D eigenvalue weighted by Crippen LogP contribution is -2.17. The Kier molecular flexibility index (Phi) is 3.90. The lowest BCUT2D eigenvalue weighted by molar-refractivity contribution is 0.254. The minimum absolute atomic E-state index is 0.0228. The molecular weight excluding hydrogens is 266 g/mol. The van der Waals surface area contributed by atoms with Crippen molar-refractivity contribution in [1.82, 2.24) is 4.98 Å². The van der Waals surface area contributed by atoms with Gasteiger partial charge in [0, 0.05) is 11.6 Å². The number of hydrogen-bond donors (Lipinski definition) is 2. The predicted molar refractivity (Wildman–Crippen MR) is 81.7 cm³/mol. The molecular formula is C16H19N3O2. The number of pyridine rings is 1. The number of rotatable bonds is 4. The van der Waals surface area contributed by atoms with Gasteiger partial charge in [-0.15, -0.1) is 0 Å². The van der Waals surface area contributed by atoms with Crippen LogP contribution in [0.5, 0.6) is 5.75 Å². The van der Waals surface area contributed by atoms with Crippen LogP contribution in [-0.4, -0.2) is 22.6 Å². The first-order valence-corrected chi connectivity index (χ1v) is 7.28. The monoisotopic (exact) mass is 285 g/mol. The topological polar surface area (TPSA) is 80.7 Å². The summed E-state index contributed by atoms with van der Waals surface area (Å²) in [7, 11) is 0. The highest BCUT2D eigenvalue weighted by Gasteiger charge is 2.19. The highest BCUT2D eigenvalue weighted by atomic mass is 16.5. The molecule has 1 heterocycles. The van der Waals surface area contributed by atoms with Crippen molar-refractivity contribution >= 4 is 16.7 Å². The summed E-state index contributed by atoms with van der Waals surface area (Å²) in [6, 6.07) is 7.73. The number of ether oxygens (including phenoxy) is 1. The fourth-order valence-corrected chi connectivity index (χ4v) is 2.89. The van der Waals surface area contributed by atoms with Crippen molar-refractivity contribution in [2.24, 2.45) is 16.8 Å². The van der Waals surface area contributed by atoms with E-state index in [0.29, 0.717) is 23.8 Å². The SMILES string of the molecule is NC(=NO)c1cnc2ccccc2c1OCC1CCCC1. The molecule has 5 heteroatoms. The number of aromatic nitrogens is 1. The van der Waals surface area contributed by atoms with Gasteiger partial charge in [-0.3, -0.25) is 4.98 Å². The predicted octanol–water partition coefficient (Wildman–Crippen LogP) is 2.90. The molecule has 1 aliphatic rings. The minimum Gasteiger partial charge on any atom is -0.492 e. The molecule has 1 aromatic heterocycles. The van der Waals surface area contributed by atoms with E-state index in [1.54, 1.807) is 6.20 Å². The molecule has 0 saturated heterocycles. The van der Waals surface area contributed by atoms with Crippen molar-refractivity contribution in [3.05, 3.63) is 36.0 Å². The fourth-order valence-electron chi connectivity index (χ4n) is 2.89. The Morgan fingerprint density at radius 1 is 1.33 bits per heavy atom. The molecule has 1 aliphatic carbocycles. The van der Waals surface area contributed by atoms with E-state index in [4.69, 9.17) is 15.7 Å². The van der Waals surface area contributed by atoms with Crippen LogP contribution in [0.1, 0.15) is 31.2 Å². The first kappa shape index (κ1) is 13.7. The number of oxime groups is 1. The molecule has 3 rings (SSSR count). The Balaban J connectivity index is 1.98. The number of fused-ring (bicyclic) bond motifs is 1. The van der Waals surface area contributed by atoms with Crippen molar-refractivity contribution in [1.29, 1.82) is 0 Å². The Morgan fingerprint density at radius 2 is 2.10 bits per heavy atom. The molecule has 0 aliphatic heterocycles. The van der Waals surface area contributed by atoms with E-state index < -0.39 is 0 Å². The summed E-state index contributed by atoms with van der Waals surface area (Å²) in [5.41, 5.74) is 7.13. The van der Waals surface area contributed by atoms with Crippen molar-refractivity contribution in [3.63, 3.8) is 0 Å². The van der Waals surface area contributed by atoms with Crippen LogP contribution >= 0.6 is 0 Å². The largest absolute Gasteiger partial charge is 0.492 e. The van der Waals surface area contributed by atoms with Gasteiger partial charge >= 0.3 is 0 Å². The Hall–Kier alpha value is -2.30.